The van der Waals surface area contributed by atoms with E-state index in [0.717, 1.165) is 30.7 Å². The Hall–Kier alpha value is -1.59. The maximum absolute atomic E-state index is 11.6. The average Bonchev–Trinajstić information content (AvgIpc) is 2.48. The number of ether oxygens (including phenoxy) is 2. The second-order valence-corrected chi connectivity index (χ2v) is 4.96. The molecule has 1 aromatic rings. The second-order valence-electron chi connectivity index (χ2n) is 4.96. The van der Waals surface area contributed by atoms with E-state index in [0.29, 0.717) is 13.2 Å². The molecule has 3 N–H and O–H groups in total. The SMILES string of the molecule is COCCOc1ccccc1C1NCCCC1C(N)=O. The first-order valence-corrected chi connectivity index (χ1v) is 6.97. The van der Waals surface area contributed by atoms with Crippen LogP contribution in [0.25, 0.3) is 0 Å². The summed E-state index contributed by atoms with van der Waals surface area (Å²) in [6.07, 6.45) is 1.79. The van der Waals surface area contributed by atoms with Crippen molar-refractivity contribution in [1.82, 2.24) is 5.32 Å². The number of amides is 1. The van der Waals surface area contributed by atoms with Crippen molar-refractivity contribution < 1.29 is 14.3 Å². The third-order valence-electron chi connectivity index (χ3n) is 3.62. The topological polar surface area (TPSA) is 73.6 Å². The standard InChI is InChI=1S/C15H22N2O3/c1-19-9-10-20-13-7-3-2-5-11(13)14-12(15(16)18)6-4-8-17-14/h2-3,5,7,12,14,17H,4,6,8-10H2,1H3,(H2,16,18). The minimum absolute atomic E-state index is 0.0694. The summed E-state index contributed by atoms with van der Waals surface area (Å²) in [4.78, 5) is 11.6. The Labute approximate surface area is 119 Å². The molecule has 1 aliphatic rings. The van der Waals surface area contributed by atoms with Gasteiger partial charge >= 0.3 is 0 Å². The highest BCUT2D eigenvalue weighted by Crippen LogP contribution is 2.34. The first-order valence-electron chi connectivity index (χ1n) is 6.97. The van der Waals surface area contributed by atoms with E-state index in [4.69, 9.17) is 15.2 Å². The molecular weight excluding hydrogens is 256 g/mol. The zero-order valence-corrected chi connectivity index (χ0v) is 11.8. The third kappa shape index (κ3) is 3.49. The summed E-state index contributed by atoms with van der Waals surface area (Å²) in [5.74, 6) is 0.347. The molecule has 0 saturated carbocycles. The largest absolute Gasteiger partial charge is 0.491 e. The molecule has 1 fully saturated rings. The van der Waals surface area contributed by atoms with Crippen LogP contribution in [-0.2, 0) is 9.53 Å². The molecule has 20 heavy (non-hydrogen) atoms. The normalized spacial score (nSPS) is 22.4. The van der Waals surface area contributed by atoms with Crippen LogP contribution in [0, 0.1) is 5.92 Å². The molecule has 0 aromatic heterocycles. The zero-order valence-electron chi connectivity index (χ0n) is 11.8. The molecule has 1 aliphatic heterocycles. The number of methoxy groups -OCH3 is 1. The van der Waals surface area contributed by atoms with Crippen LogP contribution in [0.2, 0.25) is 0 Å². The van der Waals surface area contributed by atoms with E-state index in [1.165, 1.54) is 0 Å². The molecule has 2 unspecified atom stereocenters. The Morgan fingerprint density at radius 1 is 1.40 bits per heavy atom. The van der Waals surface area contributed by atoms with E-state index in [1.54, 1.807) is 7.11 Å². The van der Waals surface area contributed by atoms with E-state index in [-0.39, 0.29) is 17.9 Å². The maximum Gasteiger partial charge on any atom is 0.222 e. The van der Waals surface area contributed by atoms with Crippen LogP contribution in [0.15, 0.2) is 24.3 Å². The Morgan fingerprint density at radius 3 is 2.95 bits per heavy atom. The van der Waals surface area contributed by atoms with Crippen LogP contribution in [0.3, 0.4) is 0 Å². The smallest absolute Gasteiger partial charge is 0.222 e. The summed E-state index contributed by atoms with van der Waals surface area (Å²) in [7, 11) is 1.64. The molecule has 1 saturated heterocycles. The Balaban J connectivity index is 2.19. The van der Waals surface area contributed by atoms with Gasteiger partial charge in [0.2, 0.25) is 5.91 Å². The molecule has 0 aliphatic carbocycles. The fourth-order valence-electron chi connectivity index (χ4n) is 2.63. The summed E-state index contributed by atoms with van der Waals surface area (Å²) in [6.45, 7) is 1.91. The predicted octanol–water partition coefficient (Wildman–Crippen LogP) is 1.24. The molecule has 1 aromatic carbocycles. The number of hydrogen-bond donors (Lipinski definition) is 2. The third-order valence-corrected chi connectivity index (χ3v) is 3.62. The lowest BCUT2D eigenvalue weighted by atomic mass is 9.85. The van der Waals surface area contributed by atoms with Gasteiger partial charge in [0.1, 0.15) is 12.4 Å². The van der Waals surface area contributed by atoms with Gasteiger partial charge in [-0.15, -0.1) is 0 Å². The van der Waals surface area contributed by atoms with Crippen molar-refractivity contribution in [3.05, 3.63) is 29.8 Å². The Bertz CT molecular complexity index is 450. The number of hydrogen-bond acceptors (Lipinski definition) is 4. The van der Waals surface area contributed by atoms with Crippen LogP contribution in [0.5, 0.6) is 5.75 Å². The van der Waals surface area contributed by atoms with Gasteiger partial charge in [-0.05, 0) is 25.5 Å². The van der Waals surface area contributed by atoms with Gasteiger partial charge in [-0.1, -0.05) is 18.2 Å². The maximum atomic E-state index is 11.6. The molecule has 2 atom stereocenters. The van der Waals surface area contributed by atoms with Crippen molar-refractivity contribution in [2.75, 3.05) is 26.9 Å². The summed E-state index contributed by atoms with van der Waals surface area (Å²) < 4.78 is 10.7. The summed E-state index contributed by atoms with van der Waals surface area (Å²) in [6, 6.07) is 7.71. The van der Waals surface area contributed by atoms with Gasteiger partial charge < -0.3 is 20.5 Å². The molecular formula is C15H22N2O3. The van der Waals surface area contributed by atoms with Crippen molar-refractivity contribution in [1.29, 1.82) is 0 Å². The minimum Gasteiger partial charge on any atom is -0.491 e. The Kier molecular flexibility index (Phi) is 5.38. The molecule has 1 heterocycles. The highest BCUT2D eigenvalue weighted by Gasteiger charge is 2.31. The van der Waals surface area contributed by atoms with E-state index in [1.807, 2.05) is 24.3 Å². The number of carbonyl (C=O) groups excluding carboxylic acids is 1. The van der Waals surface area contributed by atoms with Crippen LogP contribution in [-0.4, -0.2) is 32.8 Å². The van der Waals surface area contributed by atoms with Gasteiger partial charge in [0.15, 0.2) is 0 Å². The molecule has 0 radical (unpaired) electrons. The fraction of sp³-hybridized carbons (Fsp3) is 0.533. The second kappa shape index (κ2) is 7.26. The molecule has 110 valence electrons. The molecule has 5 nitrogen and oxygen atoms in total. The first-order chi connectivity index (χ1) is 9.74. The average molecular weight is 278 g/mol. The van der Waals surface area contributed by atoms with Gasteiger partial charge in [0.05, 0.1) is 12.5 Å². The van der Waals surface area contributed by atoms with E-state index >= 15 is 0 Å². The van der Waals surface area contributed by atoms with E-state index in [2.05, 4.69) is 5.32 Å². The van der Waals surface area contributed by atoms with Gasteiger partial charge in [-0.3, -0.25) is 4.79 Å². The number of piperidine rings is 1. The van der Waals surface area contributed by atoms with Gasteiger partial charge in [0.25, 0.3) is 0 Å². The fourth-order valence-corrected chi connectivity index (χ4v) is 2.63. The molecule has 1 amide bonds. The van der Waals surface area contributed by atoms with Gasteiger partial charge in [-0.25, -0.2) is 0 Å². The summed E-state index contributed by atoms with van der Waals surface area (Å²) in [5, 5.41) is 3.39. The van der Waals surface area contributed by atoms with Crippen LogP contribution < -0.4 is 15.8 Å². The molecule has 0 spiro atoms. The lowest BCUT2D eigenvalue weighted by Crippen LogP contribution is -2.41. The molecule has 0 bridgehead atoms. The number of primary amides is 1. The highest BCUT2D eigenvalue weighted by molar-refractivity contribution is 5.78. The molecule has 2 rings (SSSR count). The number of para-hydroxylation sites is 1. The number of benzene rings is 1. The molecule has 5 heteroatoms. The van der Waals surface area contributed by atoms with E-state index in [9.17, 15) is 4.79 Å². The highest BCUT2D eigenvalue weighted by atomic mass is 16.5. The van der Waals surface area contributed by atoms with Gasteiger partial charge in [0, 0.05) is 18.7 Å². The first kappa shape index (κ1) is 14.8. The number of rotatable bonds is 6. The zero-order chi connectivity index (χ0) is 14.4. The summed E-state index contributed by atoms with van der Waals surface area (Å²) >= 11 is 0. The number of nitrogens with one attached hydrogen (secondary N) is 1. The minimum atomic E-state index is -0.256. The van der Waals surface area contributed by atoms with Gasteiger partial charge in [-0.2, -0.15) is 0 Å². The van der Waals surface area contributed by atoms with Crippen LogP contribution in [0.1, 0.15) is 24.4 Å². The number of nitrogens with two attached hydrogens (primary N) is 1. The van der Waals surface area contributed by atoms with E-state index < -0.39 is 0 Å². The van der Waals surface area contributed by atoms with Crippen molar-refractivity contribution in [3.63, 3.8) is 0 Å². The van der Waals surface area contributed by atoms with Crippen LogP contribution >= 0.6 is 0 Å². The Morgan fingerprint density at radius 2 is 2.20 bits per heavy atom. The predicted molar refractivity (Wildman–Crippen MR) is 76.5 cm³/mol. The lowest BCUT2D eigenvalue weighted by molar-refractivity contribution is -0.123. The van der Waals surface area contributed by atoms with Crippen molar-refractivity contribution in [3.8, 4) is 5.75 Å². The van der Waals surface area contributed by atoms with Crippen molar-refractivity contribution in [2.45, 2.75) is 18.9 Å². The van der Waals surface area contributed by atoms with Crippen molar-refractivity contribution in [2.24, 2.45) is 11.7 Å². The summed E-state index contributed by atoms with van der Waals surface area (Å²) in [5.41, 5.74) is 6.52. The number of carbonyl (C=O) groups is 1. The quantitative estimate of drug-likeness (QED) is 0.768. The van der Waals surface area contributed by atoms with Crippen LogP contribution in [0.4, 0.5) is 0 Å². The van der Waals surface area contributed by atoms with Crippen molar-refractivity contribution >= 4 is 5.91 Å². The lowest BCUT2D eigenvalue weighted by Gasteiger charge is -2.31. The monoisotopic (exact) mass is 278 g/mol.